The number of carbonyl (C=O) groups is 2. The van der Waals surface area contributed by atoms with E-state index in [9.17, 15) is 9.59 Å². The number of aliphatic carboxylic acids is 1. The summed E-state index contributed by atoms with van der Waals surface area (Å²) in [6, 6.07) is -0.584. The van der Waals surface area contributed by atoms with E-state index < -0.39 is 12.0 Å². The van der Waals surface area contributed by atoms with E-state index >= 15 is 0 Å². The average molecular weight is 242 g/mol. The maximum Gasteiger partial charge on any atom is 0.317 e. The first-order chi connectivity index (χ1) is 8.02. The number of carbonyl (C=O) groups excluding carboxylic acids is 1. The Bertz CT molecular complexity index is 298. The van der Waals surface area contributed by atoms with Crippen molar-refractivity contribution in [2.75, 3.05) is 33.4 Å². The van der Waals surface area contributed by atoms with Crippen molar-refractivity contribution < 1.29 is 19.4 Å². The molecule has 0 aliphatic heterocycles. The SMILES string of the molecule is C#CCN(CC(=O)O)C(C)C(=O)NCCOC. The Morgan fingerprint density at radius 1 is 1.59 bits per heavy atom. The summed E-state index contributed by atoms with van der Waals surface area (Å²) in [4.78, 5) is 23.7. The molecule has 0 aromatic heterocycles. The van der Waals surface area contributed by atoms with Crippen LogP contribution in [0, 0.1) is 12.3 Å². The molecular weight excluding hydrogens is 224 g/mol. The van der Waals surface area contributed by atoms with Crippen LogP contribution in [0.15, 0.2) is 0 Å². The van der Waals surface area contributed by atoms with Crippen molar-refractivity contribution in [2.24, 2.45) is 0 Å². The van der Waals surface area contributed by atoms with E-state index in [1.165, 1.54) is 12.0 Å². The second kappa shape index (κ2) is 8.56. The zero-order chi connectivity index (χ0) is 13.3. The predicted octanol–water partition coefficient (Wildman–Crippen LogP) is -0.843. The maximum atomic E-state index is 11.6. The number of hydrogen-bond donors (Lipinski definition) is 2. The van der Waals surface area contributed by atoms with Gasteiger partial charge in [0.25, 0.3) is 0 Å². The van der Waals surface area contributed by atoms with Crippen LogP contribution in [0.4, 0.5) is 0 Å². The number of carboxylic acid groups (broad SMARTS) is 1. The summed E-state index contributed by atoms with van der Waals surface area (Å²) in [6.07, 6.45) is 5.13. The fraction of sp³-hybridized carbons (Fsp3) is 0.636. The van der Waals surface area contributed by atoms with Crippen molar-refractivity contribution in [3.05, 3.63) is 0 Å². The van der Waals surface area contributed by atoms with Crippen LogP contribution >= 0.6 is 0 Å². The summed E-state index contributed by atoms with van der Waals surface area (Å²) in [5, 5.41) is 11.3. The lowest BCUT2D eigenvalue weighted by Gasteiger charge is -2.24. The molecule has 0 bridgehead atoms. The Balaban J connectivity index is 4.28. The predicted molar refractivity (Wildman–Crippen MR) is 62.4 cm³/mol. The largest absolute Gasteiger partial charge is 0.480 e. The number of carboxylic acids is 1. The highest BCUT2D eigenvalue weighted by molar-refractivity contribution is 5.82. The van der Waals surface area contributed by atoms with Gasteiger partial charge in [-0.25, -0.2) is 0 Å². The Labute approximate surface area is 101 Å². The summed E-state index contributed by atoms with van der Waals surface area (Å²) in [5.74, 6) is 1.05. The number of ether oxygens (including phenoxy) is 1. The smallest absolute Gasteiger partial charge is 0.317 e. The highest BCUT2D eigenvalue weighted by Crippen LogP contribution is 1.98. The first-order valence-corrected chi connectivity index (χ1v) is 5.18. The molecule has 0 spiro atoms. The van der Waals surface area contributed by atoms with E-state index in [1.807, 2.05) is 0 Å². The van der Waals surface area contributed by atoms with Crippen LogP contribution in [0.3, 0.4) is 0 Å². The van der Waals surface area contributed by atoms with Crippen LogP contribution in [-0.4, -0.2) is 61.3 Å². The van der Waals surface area contributed by atoms with Crippen molar-refractivity contribution in [3.8, 4) is 12.3 Å². The lowest BCUT2D eigenvalue weighted by molar-refractivity contribution is -0.139. The van der Waals surface area contributed by atoms with Gasteiger partial charge in [0, 0.05) is 13.7 Å². The summed E-state index contributed by atoms with van der Waals surface area (Å²) in [5.41, 5.74) is 0. The van der Waals surface area contributed by atoms with Crippen LogP contribution in [0.5, 0.6) is 0 Å². The molecule has 96 valence electrons. The van der Waals surface area contributed by atoms with Crippen LogP contribution in [0.1, 0.15) is 6.92 Å². The van der Waals surface area contributed by atoms with E-state index in [0.29, 0.717) is 13.2 Å². The van der Waals surface area contributed by atoms with Crippen molar-refractivity contribution in [2.45, 2.75) is 13.0 Å². The minimum absolute atomic E-state index is 0.116. The number of methoxy groups -OCH3 is 1. The van der Waals surface area contributed by atoms with Gasteiger partial charge >= 0.3 is 5.97 Å². The molecule has 6 heteroatoms. The van der Waals surface area contributed by atoms with E-state index in [-0.39, 0.29) is 19.0 Å². The molecule has 0 heterocycles. The van der Waals surface area contributed by atoms with Crippen LogP contribution in [0.25, 0.3) is 0 Å². The van der Waals surface area contributed by atoms with Gasteiger partial charge in [-0.3, -0.25) is 14.5 Å². The molecule has 0 aliphatic carbocycles. The lowest BCUT2D eigenvalue weighted by Crippen LogP contribution is -2.47. The molecule has 0 aliphatic rings. The van der Waals surface area contributed by atoms with Gasteiger partial charge in [-0.15, -0.1) is 6.42 Å². The molecule has 0 fully saturated rings. The lowest BCUT2D eigenvalue weighted by atomic mass is 10.2. The Morgan fingerprint density at radius 2 is 2.24 bits per heavy atom. The fourth-order valence-corrected chi connectivity index (χ4v) is 1.21. The standard InChI is InChI=1S/C11H18N2O4/c1-4-6-13(8-10(14)15)9(2)11(16)12-5-7-17-3/h1,9H,5-8H2,2-3H3,(H,12,16)(H,14,15). The van der Waals surface area contributed by atoms with Crippen LogP contribution in [-0.2, 0) is 14.3 Å². The number of terminal acetylenes is 1. The maximum absolute atomic E-state index is 11.6. The third-order valence-corrected chi connectivity index (χ3v) is 2.17. The quantitative estimate of drug-likeness (QED) is 0.428. The van der Waals surface area contributed by atoms with Crippen molar-refractivity contribution in [1.29, 1.82) is 0 Å². The first kappa shape index (κ1) is 15.4. The Hall–Kier alpha value is -1.58. The van der Waals surface area contributed by atoms with Gasteiger partial charge in [0.05, 0.1) is 25.7 Å². The van der Waals surface area contributed by atoms with Gasteiger partial charge in [0.15, 0.2) is 0 Å². The van der Waals surface area contributed by atoms with Crippen LogP contribution in [0.2, 0.25) is 0 Å². The Morgan fingerprint density at radius 3 is 2.71 bits per heavy atom. The molecule has 0 aromatic rings. The minimum atomic E-state index is -1.02. The topological polar surface area (TPSA) is 78.9 Å². The van der Waals surface area contributed by atoms with Gasteiger partial charge in [0.2, 0.25) is 5.91 Å². The number of nitrogens with one attached hydrogen (secondary N) is 1. The molecule has 0 saturated carbocycles. The van der Waals surface area contributed by atoms with Crippen molar-refractivity contribution >= 4 is 11.9 Å². The van der Waals surface area contributed by atoms with E-state index in [2.05, 4.69) is 11.2 Å². The van der Waals surface area contributed by atoms with E-state index in [0.717, 1.165) is 0 Å². The highest BCUT2D eigenvalue weighted by atomic mass is 16.5. The number of rotatable bonds is 8. The van der Waals surface area contributed by atoms with Crippen molar-refractivity contribution in [3.63, 3.8) is 0 Å². The molecule has 0 rings (SSSR count). The van der Waals surface area contributed by atoms with Gasteiger partial charge in [-0.2, -0.15) is 0 Å². The van der Waals surface area contributed by atoms with Gasteiger partial charge in [0.1, 0.15) is 0 Å². The van der Waals surface area contributed by atoms with Crippen molar-refractivity contribution in [1.82, 2.24) is 10.2 Å². The normalized spacial score (nSPS) is 11.9. The minimum Gasteiger partial charge on any atom is -0.480 e. The number of nitrogens with zero attached hydrogens (tertiary/aromatic N) is 1. The monoisotopic (exact) mass is 242 g/mol. The second-order valence-corrected chi connectivity index (χ2v) is 3.46. The molecule has 1 atom stereocenters. The average Bonchev–Trinajstić information content (AvgIpc) is 2.27. The van der Waals surface area contributed by atoms with Gasteiger partial charge in [-0.05, 0) is 6.92 Å². The fourth-order valence-electron chi connectivity index (χ4n) is 1.21. The second-order valence-electron chi connectivity index (χ2n) is 3.46. The molecular formula is C11H18N2O4. The molecule has 0 aromatic carbocycles. The first-order valence-electron chi connectivity index (χ1n) is 5.18. The molecule has 6 nitrogen and oxygen atoms in total. The van der Waals surface area contributed by atoms with Gasteiger partial charge < -0.3 is 15.2 Å². The third-order valence-electron chi connectivity index (χ3n) is 2.17. The van der Waals surface area contributed by atoms with E-state index in [4.69, 9.17) is 16.3 Å². The molecule has 0 saturated heterocycles. The molecule has 1 amide bonds. The summed E-state index contributed by atoms with van der Waals surface area (Å²) >= 11 is 0. The molecule has 0 radical (unpaired) electrons. The highest BCUT2D eigenvalue weighted by Gasteiger charge is 2.22. The summed E-state index contributed by atoms with van der Waals surface area (Å²) in [6.45, 7) is 2.26. The van der Waals surface area contributed by atoms with E-state index in [1.54, 1.807) is 6.92 Å². The third kappa shape index (κ3) is 6.56. The molecule has 17 heavy (non-hydrogen) atoms. The van der Waals surface area contributed by atoms with Crippen LogP contribution < -0.4 is 5.32 Å². The zero-order valence-corrected chi connectivity index (χ0v) is 10.1. The zero-order valence-electron chi connectivity index (χ0n) is 10.1. The molecule has 2 N–H and O–H groups in total. The Kier molecular flexibility index (Phi) is 7.76. The number of amides is 1. The summed E-state index contributed by atoms with van der Waals surface area (Å²) < 4.78 is 4.79. The number of hydrogen-bond acceptors (Lipinski definition) is 4. The van der Waals surface area contributed by atoms with Gasteiger partial charge in [-0.1, -0.05) is 5.92 Å². The molecule has 1 unspecified atom stereocenters. The summed E-state index contributed by atoms with van der Waals surface area (Å²) in [7, 11) is 1.53.